The van der Waals surface area contributed by atoms with Gasteiger partial charge in [-0.25, -0.2) is 18.7 Å². The summed E-state index contributed by atoms with van der Waals surface area (Å²) in [5.74, 6) is -1.15. The molecule has 1 aliphatic heterocycles. The maximum Gasteiger partial charge on any atom is 0.227 e. The Kier molecular flexibility index (Phi) is 5.58. The van der Waals surface area contributed by atoms with Gasteiger partial charge in [0.2, 0.25) is 5.91 Å². The zero-order valence-corrected chi connectivity index (χ0v) is 15.3. The summed E-state index contributed by atoms with van der Waals surface area (Å²) in [7, 11) is 0. The zero-order chi connectivity index (χ0) is 19.6. The van der Waals surface area contributed by atoms with Gasteiger partial charge >= 0.3 is 0 Å². The lowest BCUT2D eigenvalue weighted by Gasteiger charge is -2.32. The van der Waals surface area contributed by atoms with E-state index < -0.39 is 11.6 Å². The van der Waals surface area contributed by atoms with E-state index in [4.69, 9.17) is 0 Å². The van der Waals surface area contributed by atoms with Gasteiger partial charge in [-0.1, -0.05) is 6.07 Å². The number of Topliss-reactive ketones (excluding diaryl/α,β-unsaturated/α-hetero) is 1. The number of hydrogen-bond acceptors (Lipinski definition) is 4. The molecule has 0 aliphatic carbocycles. The summed E-state index contributed by atoms with van der Waals surface area (Å²) >= 11 is 0. The summed E-state index contributed by atoms with van der Waals surface area (Å²) in [5, 5.41) is 0. The van der Waals surface area contributed by atoms with Crippen LogP contribution in [0.25, 0.3) is 0 Å². The standard InChI is InChI=1S/C20H21F2N3O2/c1-12(26)16-11-23-13(2)24-20(16)14-6-8-25(9-7-14)19(27)10-15-17(21)4-3-5-18(15)22/h3-5,11,14H,6-10H2,1-2H3. The maximum absolute atomic E-state index is 13.8. The van der Waals surface area contributed by atoms with Gasteiger partial charge in [0.05, 0.1) is 17.7 Å². The first-order valence-corrected chi connectivity index (χ1v) is 8.92. The van der Waals surface area contributed by atoms with E-state index in [-0.39, 0.29) is 29.6 Å². The molecule has 1 saturated heterocycles. The fourth-order valence-electron chi connectivity index (χ4n) is 3.44. The lowest BCUT2D eigenvalue weighted by atomic mass is 9.89. The second kappa shape index (κ2) is 7.90. The second-order valence-electron chi connectivity index (χ2n) is 6.80. The number of carbonyl (C=O) groups excluding carboxylic acids is 2. The first-order chi connectivity index (χ1) is 12.9. The normalized spacial score (nSPS) is 15.0. The first-order valence-electron chi connectivity index (χ1n) is 8.92. The van der Waals surface area contributed by atoms with E-state index in [9.17, 15) is 18.4 Å². The number of halogens is 2. The predicted molar refractivity (Wildman–Crippen MR) is 95.4 cm³/mol. The summed E-state index contributed by atoms with van der Waals surface area (Å²) in [6.45, 7) is 4.17. The smallest absolute Gasteiger partial charge is 0.227 e. The average Bonchev–Trinajstić information content (AvgIpc) is 2.64. The molecule has 27 heavy (non-hydrogen) atoms. The van der Waals surface area contributed by atoms with Crippen molar-refractivity contribution in [2.45, 2.75) is 39.0 Å². The van der Waals surface area contributed by atoms with Crippen LogP contribution < -0.4 is 0 Å². The molecule has 0 radical (unpaired) electrons. The fourth-order valence-corrected chi connectivity index (χ4v) is 3.44. The average molecular weight is 373 g/mol. The lowest BCUT2D eigenvalue weighted by Crippen LogP contribution is -2.39. The van der Waals surface area contributed by atoms with Crippen LogP contribution in [0, 0.1) is 18.6 Å². The highest BCUT2D eigenvalue weighted by atomic mass is 19.1. The van der Waals surface area contributed by atoms with Crippen molar-refractivity contribution in [2.24, 2.45) is 0 Å². The van der Waals surface area contributed by atoms with Gasteiger partial charge in [0, 0.05) is 30.8 Å². The molecule has 1 fully saturated rings. The van der Waals surface area contributed by atoms with Crippen LogP contribution in [-0.2, 0) is 11.2 Å². The minimum atomic E-state index is -0.708. The van der Waals surface area contributed by atoms with Crippen molar-refractivity contribution < 1.29 is 18.4 Å². The highest BCUT2D eigenvalue weighted by molar-refractivity contribution is 5.95. The summed E-state index contributed by atoms with van der Waals surface area (Å²) in [5.41, 5.74) is 1.04. The molecule has 7 heteroatoms. The van der Waals surface area contributed by atoms with Crippen LogP contribution in [0.1, 0.15) is 53.1 Å². The Balaban J connectivity index is 1.68. The molecular formula is C20H21F2N3O2. The number of amides is 1. The van der Waals surface area contributed by atoms with Crippen LogP contribution >= 0.6 is 0 Å². The van der Waals surface area contributed by atoms with Gasteiger partial charge in [-0.2, -0.15) is 0 Å². The van der Waals surface area contributed by atoms with Crippen molar-refractivity contribution in [3.63, 3.8) is 0 Å². The van der Waals surface area contributed by atoms with Crippen molar-refractivity contribution in [1.29, 1.82) is 0 Å². The van der Waals surface area contributed by atoms with Gasteiger partial charge in [-0.3, -0.25) is 9.59 Å². The van der Waals surface area contributed by atoms with Gasteiger partial charge in [0.15, 0.2) is 5.78 Å². The number of carbonyl (C=O) groups is 2. The minimum absolute atomic E-state index is 0.0554. The molecule has 1 amide bonds. The minimum Gasteiger partial charge on any atom is -0.342 e. The molecule has 0 N–H and O–H groups in total. The van der Waals surface area contributed by atoms with Gasteiger partial charge in [0.1, 0.15) is 17.5 Å². The monoisotopic (exact) mass is 373 g/mol. The molecule has 2 aromatic rings. The number of aromatic nitrogens is 2. The maximum atomic E-state index is 13.8. The predicted octanol–water partition coefficient (Wildman–Crippen LogP) is 3.21. The first kappa shape index (κ1) is 19.1. The molecule has 0 unspecified atom stereocenters. The summed E-state index contributed by atoms with van der Waals surface area (Å²) in [4.78, 5) is 34.5. The molecule has 142 valence electrons. The van der Waals surface area contributed by atoms with Gasteiger partial charge < -0.3 is 4.90 Å². The summed E-state index contributed by atoms with van der Waals surface area (Å²) in [6.07, 6.45) is 2.54. The third-order valence-corrected chi connectivity index (χ3v) is 4.94. The topological polar surface area (TPSA) is 63.2 Å². The third-order valence-electron chi connectivity index (χ3n) is 4.94. The SMILES string of the molecule is CC(=O)c1cnc(C)nc1C1CCN(C(=O)Cc2c(F)cccc2F)CC1. The van der Waals surface area contributed by atoms with Gasteiger partial charge in [0.25, 0.3) is 0 Å². The van der Waals surface area contributed by atoms with E-state index >= 15 is 0 Å². The molecule has 5 nitrogen and oxygen atoms in total. The molecule has 1 aliphatic rings. The van der Waals surface area contributed by atoms with E-state index in [0.29, 0.717) is 37.3 Å². The van der Waals surface area contributed by atoms with Crippen molar-refractivity contribution >= 4 is 11.7 Å². The van der Waals surface area contributed by atoms with E-state index in [0.717, 1.165) is 17.8 Å². The number of nitrogens with zero attached hydrogens (tertiary/aromatic N) is 3. The number of hydrogen-bond donors (Lipinski definition) is 0. The second-order valence-corrected chi connectivity index (χ2v) is 6.80. The summed E-state index contributed by atoms with van der Waals surface area (Å²) < 4.78 is 27.5. The number of rotatable bonds is 4. The fraction of sp³-hybridized carbons (Fsp3) is 0.400. The van der Waals surface area contributed by atoms with Crippen LogP contribution in [-0.4, -0.2) is 39.6 Å². The Labute approximate surface area is 156 Å². The number of aryl methyl sites for hydroxylation is 1. The molecular weight excluding hydrogens is 352 g/mol. The number of ketones is 1. The zero-order valence-electron chi connectivity index (χ0n) is 15.3. The number of piperidine rings is 1. The Morgan fingerprint density at radius 1 is 1.19 bits per heavy atom. The van der Waals surface area contributed by atoms with Crippen LogP contribution in [0.4, 0.5) is 8.78 Å². The summed E-state index contributed by atoms with van der Waals surface area (Å²) in [6, 6.07) is 3.58. The lowest BCUT2D eigenvalue weighted by molar-refractivity contribution is -0.131. The Morgan fingerprint density at radius 3 is 2.41 bits per heavy atom. The van der Waals surface area contributed by atoms with E-state index in [1.807, 2.05) is 0 Å². The van der Waals surface area contributed by atoms with E-state index in [1.54, 1.807) is 18.0 Å². The van der Waals surface area contributed by atoms with E-state index in [1.165, 1.54) is 13.0 Å². The number of likely N-dealkylation sites (tertiary alicyclic amines) is 1. The van der Waals surface area contributed by atoms with Crippen molar-refractivity contribution in [2.75, 3.05) is 13.1 Å². The number of benzene rings is 1. The van der Waals surface area contributed by atoms with E-state index in [2.05, 4.69) is 9.97 Å². The molecule has 3 rings (SSSR count). The molecule has 0 saturated carbocycles. The van der Waals surface area contributed by atoms with Crippen LogP contribution in [0.15, 0.2) is 24.4 Å². The molecule has 0 atom stereocenters. The van der Waals surface area contributed by atoms with Crippen molar-refractivity contribution in [3.05, 3.63) is 58.7 Å². The molecule has 1 aromatic heterocycles. The van der Waals surface area contributed by atoms with Crippen LogP contribution in [0.3, 0.4) is 0 Å². The Morgan fingerprint density at radius 2 is 1.81 bits per heavy atom. The van der Waals surface area contributed by atoms with Crippen LogP contribution in [0.2, 0.25) is 0 Å². The highest BCUT2D eigenvalue weighted by Crippen LogP contribution is 2.29. The van der Waals surface area contributed by atoms with Gasteiger partial charge in [-0.05, 0) is 38.8 Å². The molecule has 1 aromatic carbocycles. The molecule has 0 spiro atoms. The largest absolute Gasteiger partial charge is 0.342 e. The van der Waals surface area contributed by atoms with Crippen molar-refractivity contribution in [3.8, 4) is 0 Å². The molecule has 2 heterocycles. The quantitative estimate of drug-likeness (QED) is 0.772. The third kappa shape index (κ3) is 4.18. The Bertz CT molecular complexity index is 857. The Hall–Kier alpha value is -2.70. The van der Waals surface area contributed by atoms with Crippen molar-refractivity contribution in [1.82, 2.24) is 14.9 Å². The highest BCUT2D eigenvalue weighted by Gasteiger charge is 2.28. The molecule has 0 bridgehead atoms. The van der Waals surface area contributed by atoms with Crippen LogP contribution in [0.5, 0.6) is 0 Å². The van der Waals surface area contributed by atoms with Gasteiger partial charge in [-0.15, -0.1) is 0 Å².